The Bertz CT molecular complexity index is 1340. The Balaban J connectivity index is 1.50. The van der Waals surface area contributed by atoms with Gasteiger partial charge in [-0.1, -0.05) is 71.3 Å². The highest BCUT2D eigenvalue weighted by Gasteiger charge is 2.26. The largest absolute Gasteiger partial charge is 0.324 e. The van der Waals surface area contributed by atoms with Crippen molar-refractivity contribution in [2.24, 2.45) is 0 Å². The number of amides is 1. The molecule has 2 N–H and O–H groups in total. The third kappa shape index (κ3) is 4.38. The summed E-state index contributed by atoms with van der Waals surface area (Å²) in [5, 5.41) is 11.4. The van der Waals surface area contributed by atoms with Gasteiger partial charge >= 0.3 is 0 Å². The van der Waals surface area contributed by atoms with Crippen molar-refractivity contribution in [1.29, 1.82) is 0 Å². The van der Waals surface area contributed by atoms with Gasteiger partial charge in [-0.25, -0.2) is 4.68 Å². The summed E-state index contributed by atoms with van der Waals surface area (Å²) in [5.41, 5.74) is 5.80. The number of aryl methyl sites for hydroxylation is 2. The van der Waals surface area contributed by atoms with E-state index in [0.29, 0.717) is 16.5 Å². The average molecular weight is 456 g/mol. The lowest BCUT2D eigenvalue weighted by atomic mass is 10.0. The van der Waals surface area contributed by atoms with E-state index in [2.05, 4.69) is 58.0 Å². The fourth-order valence-corrected chi connectivity index (χ4v) is 3.85. The second kappa shape index (κ2) is 8.56. The summed E-state index contributed by atoms with van der Waals surface area (Å²) < 4.78 is 1.77. The van der Waals surface area contributed by atoms with Gasteiger partial charge in [0.05, 0.1) is 0 Å². The van der Waals surface area contributed by atoms with E-state index in [4.69, 9.17) is 11.6 Å². The first kappa shape index (κ1) is 21.0. The van der Waals surface area contributed by atoms with E-state index < -0.39 is 0 Å². The van der Waals surface area contributed by atoms with Crippen molar-refractivity contribution in [1.82, 2.24) is 14.8 Å². The van der Waals surface area contributed by atoms with Gasteiger partial charge in [0, 0.05) is 16.3 Å². The summed E-state index contributed by atoms with van der Waals surface area (Å²) in [5.74, 6) is 0.528. The van der Waals surface area contributed by atoms with E-state index in [0.717, 1.165) is 22.4 Å². The SMILES string of the molecule is Cc1ccc(C(=O)Nc2nc3n(n2)C(c2ccc(Cl)cc2)C=C(c2ccc(C)cc2)N3)cc1. The molecule has 1 unspecified atom stereocenters. The fourth-order valence-electron chi connectivity index (χ4n) is 3.72. The van der Waals surface area contributed by atoms with Crippen LogP contribution in [0.1, 0.15) is 38.7 Å². The third-order valence-electron chi connectivity index (χ3n) is 5.58. The summed E-state index contributed by atoms with van der Waals surface area (Å²) in [6.45, 7) is 4.04. The number of aromatic nitrogens is 3. The Morgan fingerprint density at radius 1 is 0.939 bits per heavy atom. The Labute approximate surface area is 196 Å². The molecule has 33 heavy (non-hydrogen) atoms. The summed E-state index contributed by atoms with van der Waals surface area (Å²) in [6.07, 6.45) is 2.10. The van der Waals surface area contributed by atoms with Crippen LogP contribution in [-0.2, 0) is 0 Å². The lowest BCUT2D eigenvalue weighted by Gasteiger charge is -2.24. The number of benzene rings is 3. The number of hydrogen-bond donors (Lipinski definition) is 2. The monoisotopic (exact) mass is 455 g/mol. The van der Waals surface area contributed by atoms with Crippen LogP contribution >= 0.6 is 11.6 Å². The number of allylic oxidation sites excluding steroid dienone is 1. The minimum Gasteiger partial charge on any atom is -0.324 e. The van der Waals surface area contributed by atoms with Crippen LogP contribution in [0.5, 0.6) is 0 Å². The molecule has 5 rings (SSSR count). The molecule has 0 spiro atoms. The molecule has 7 heteroatoms. The molecule has 0 radical (unpaired) electrons. The number of carbonyl (C=O) groups excluding carboxylic acids is 1. The Hall–Kier alpha value is -3.90. The minimum absolute atomic E-state index is 0.215. The predicted molar refractivity (Wildman–Crippen MR) is 132 cm³/mol. The van der Waals surface area contributed by atoms with Crippen LogP contribution < -0.4 is 10.6 Å². The molecule has 1 aromatic heterocycles. The maximum atomic E-state index is 12.7. The molecule has 0 saturated carbocycles. The number of anilines is 2. The molecule has 1 aliphatic heterocycles. The highest BCUT2D eigenvalue weighted by molar-refractivity contribution is 6.30. The molecule has 0 aliphatic carbocycles. The lowest BCUT2D eigenvalue weighted by Crippen LogP contribution is -2.20. The second-order valence-electron chi connectivity index (χ2n) is 8.09. The van der Waals surface area contributed by atoms with Gasteiger partial charge in [-0.2, -0.15) is 4.98 Å². The number of hydrogen-bond acceptors (Lipinski definition) is 4. The van der Waals surface area contributed by atoms with E-state index in [1.807, 2.05) is 43.3 Å². The van der Waals surface area contributed by atoms with Gasteiger partial charge in [-0.3, -0.25) is 10.1 Å². The van der Waals surface area contributed by atoms with Crippen molar-refractivity contribution >= 4 is 35.1 Å². The van der Waals surface area contributed by atoms with Crippen LogP contribution in [0.3, 0.4) is 0 Å². The Morgan fingerprint density at radius 2 is 1.58 bits per heavy atom. The molecular weight excluding hydrogens is 434 g/mol. The molecule has 2 heterocycles. The van der Waals surface area contributed by atoms with Gasteiger partial charge in [0.2, 0.25) is 5.95 Å². The van der Waals surface area contributed by atoms with Crippen LogP contribution in [0, 0.1) is 13.8 Å². The highest BCUT2D eigenvalue weighted by atomic mass is 35.5. The number of carbonyl (C=O) groups is 1. The van der Waals surface area contributed by atoms with Gasteiger partial charge < -0.3 is 5.32 Å². The highest BCUT2D eigenvalue weighted by Crippen LogP contribution is 2.33. The fraction of sp³-hybridized carbons (Fsp3) is 0.115. The quantitative estimate of drug-likeness (QED) is 0.404. The van der Waals surface area contributed by atoms with Crippen molar-refractivity contribution < 1.29 is 4.79 Å². The van der Waals surface area contributed by atoms with E-state index in [9.17, 15) is 4.79 Å². The smallest absolute Gasteiger partial charge is 0.258 e. The van der Waals surface area contributed by atoms with Crippen molar-refractivity contribution in [2.45, 2.75) is 19.9 Å². The summed E-state index contributed by atoms with van der Waals surface area (Å²) in [4.78, 5) is 17.3. The zero-order chi connectivity index (χ0) is 22.9. The molecular formula is C26H22ClN5O. The number of fused-ring (bicyclic) bond motifs is 1. The molecule has 3 aromatic carbocycles. The van der Waals surface area contributed by atoms with Crippen molar-refractivity contribution in [3.05, 3.63) is 112 Å². The third-order valence-corrected chi connectivity index (χ3v) is 5.83. The molecule has 1 amide bonds. The van der Waals surface area contributed by atoms with E-state index in [-0.39, 0.29) is 17.9 Å². The molecule has 1 aliphatic rings. The van der Waals surface area contributed by atoms with E-state index in [1.165, 1.54) is 5.56 Å². The number of rotatable bonds is 4. The van der Waals surface area contributed by atoms with Crippen LogP contribution in [0.15, 0.2) is 78.9 Å². The maximum absolute atomic E-state index is 12.7. The molecule has 1 atom stereocenters. The zero-order valence-corrected chi connectivity index (χ0v) is 19.0. The minimum atomic E-state index is -0.257. The zero-order valence-electron chi connectivity index (χ0n) is 18.2. The van der Waals surface area contributed by atoms with Gasteiger partial charge in [0.1, 0.15) is 6.04 Å². The van der Waals surface area contributed by atoms with Crippen molar-refractivity contribution in [3.63, 3.8) is 0 Å². The van der Waals surface area contributed by atoms with Crippen LogP contribution in [0.25, 0.3) is 5.70 Å². The Kier molecular flexibility index (Phi) is 5.44. The Morgan fingerprint density at radius 3 is 2.24 bits per heavy atom. The standard InChI is InChI=1S/C26H22ClN5O/c1-16-3-7-18(8-4-16)22-15-23(19-11-13-21(27)14-12-19)32-26(28-22)30-25(31-32)29-24(33)20-9-5-17(2)6-10-20/h3-15,23H,1-2H3,(H2,28,29,30,31,33). The number of halogens is 1. The van der Waals surface area contributed by atoms with Crippen LogP contribution in [-0.4, -0.2) is 20.7 Å². The van der Waals surface area contributed by atoms with Crippen molar-refractivity contribution in [3.8, 4) is 0 Å². The van der Waals surface area contributed by atoms with Crippen molar-refractivity contribution in [2.75, 3.05) is 10.6 Å². The van der Waals surface area contributed by atoms with Gasteiger partial charge in [-0.15, -0.1) is 5.10 Å². The summed E-state index contributed by atoms with van der Waals surface area (Å²) >= 11 is 6.11. The molecule has 4 aromatic rings. The number of nitrogens with zero attached hydrogens (tertiary/aromatic N) is 3. The molecule has 0 bridgehead atoms. The van der Waals surface area contributed by atoms with Crippen LogP contribution in [0.2, 0.25) is 5.02 Å². The second-order valence-corrected chi connectivity index (χ2v) is 8.53. The summed E-state index contributed by atoms with van der Waals surface area (Å²) in [6, 6.07) is 23.1. The van der Waals surface area contributed by atoms with Crippen LogP contribution in [0.4, 0.5) is 11.9 Å². The first-order chi connectivity index (χ1) is 16.0. The average Bonchev–Trinajstić information content (AvgIpc) is 3.22. The molecule has 0 saturated heterocycles. The normalized spacial score (nSPS) is 14.8. The molecule has 164 valence electrons. The van der Waals surface area contributed by atoms with Gasteiger partial charge in [-0.05, 0) is 55.3 Å². The maximum Gasteiger partial charge on any atom is 0.258 e. The van der Waals surface area contributed by atoms with Gasteiger partial charge in [0.15, 0.2) is 0 Å². The lowest BCUT2D eigenvalue weighted by molar-refractivity contribution is 0.102. The molecule has 0 fully saturated rings. The first-order valence-corrected chi connectivity index (χ1v) is 11.0. The van der Waals surface area contributed by atoms with Gasteiger partial charge in [0.25, 0.3) is 11.9 Å². The van der Waals surface area contributed by atoms with E-state index in [1.54, 1.807) is 16.8 Å². The topological polar surface area (TPSA) is 71.8 Å². The molecule has 6 nitrogen and oxygen atoms in total. The predicted octanol–water partition coefficient (Wildman–Crippen LogP) is 5.86. The number of nitrogens with one attached hydrogen (secondary N) is 2. The van der Waals surface area contributed by atoms with E-state index >= 15 is 0 Å². The summed E-state index contributed by atoms with van der Waals surface area (Å²) in [7, 11) is 0. The first-order valence-electron chi connectivity index (χ1n) is 10.6.